The Hall–Kier alpha value is -0.0800. The molecule has 1 rings (SSSR count). The maximum Gasteiger partial charge on any atom is 0.0434 e. The fourth-order valence-corrected chi connectivity index (χ4v) is 2.53. The van der Waals surface area contributed by atoms with E-state index in [1.165, 1.54) is 32.2 Å². The third-order valence-electron chi connectivity index (χ3n) is 3.81. The van der Waals surface area contributed by atoms with Crippen LogP contribution in [0.1, 0.15) is 46.0 Å². The highest BCUT2D eigenvalue weighted by molar-refractivity contribution is 4.74. The van der Waals surface area contributed by atoms with Crippen LogP contribution in [0.25, 0.3) is 0 Å². The highest BCUT2D eigenvalue weighted by Crippen LogP contribution is 2.28. The second-order valence-electron chi connectivity index (χ2n) is 5.30. The van der Waals surface area contributed by atoms with E-state index in [4.69, 9.17) is 5.11 Å². The lowest BCUT2D eigenvalue weighted by atomic mass is 9.80. The van der Waals surface area contributed by atoms with Gasteiger partial charge in [-0.15, -0.1) is 0 Å². The van der Waals surface area contributed by atoms with E-state index in [-0.39, 0.29) is 0 Å². The molecule has 90 valence electrons. The van der Waals surface area contributed by atoms with Crippen LogP contribution in [0.5, 0.6) is 0 Å². The summed E-state index contributed by atoms with van der Waals surface area (Å²) in [6, 6.07) is 0. The molecule has 3 atom stereocenters. The quantitative estimate of drug-likeness (QED) is 0.710. The first kappa shape index (κ1) is 13.0. The Labute approximate surface area is 94.5 Å². The predicted molar refractivity (Wildman–Crippen MR) is 64.9 cm³/mol. The Balaban J connectivity index is 2.08. The Bertz CT molecular complexity index is 161. The van der Waals surface area contributed by atoms with E-state index in [0.29, 0.717) is 12.5 Å². The van der Waals surface area contributed by atoms with Gasteiger partial charge in [-0.2, -0.15) is 0 Å². The van der Waals surface area contributed by atoms with E-state index >= 15 is 0 Å². The zero-order valence-electron chi connectivity index (χ0n) is 10.3. The lowest BCUT2D eigenvalue weighted by molar-refractivity contribution is 0.235. The van der Waals surface area contributed by atoms with Gasteiger partial charge in [0.05, 0.1) is 0 Å². The Morgan fingerprint density at radius 3 is 2.73 bits per heavy atom. The van der Waals surface area contributed by atoms with Gasteiger partial charge in [0.15, 0.2) is 0 Å². The lowest BCUT2D eigenvalue weighted by Crippen LogP contribution is -2.32. The Morgan fingerprint density at radius 2 is 2.07 bits per heavy atom. The lowest BCUT2D eigenvalue weighted by Gasteiger charge is -2.29. The van der Waals surface area contributed by atoms with Gasteiger partial charge < -0.3 is 10.4 Å². The topological polar surface area (TPSA) is 32.3 Å². The molecule has 0 aromatic carbocycles. The van der Waals surface area contributed by atoms with E-state index < -0.39 is 0 Å². The van der Waals surface area contributed by atoms with Crippen molar-refractivity contribution < 1.29 is 5.11 Å². The Morgan fingerprint density at radius 1 is 1.33 bits per heavy atom. The smallest absolute Gasteiger partial charge is 0.0434 e. The van der Waals surface area contributed by atoms with Crippen LogP contribution in [0.4, 0.5) is 0 Å². The molecule has 0 unspecified atom stereocenters. The molecule has 2 N–H and O–H groups in total. The van der Waals surface area contributed by atoms with Crippen molar-refractivity contribution >= 4 is 0 Å². The van der Waals surface area contributed by atoms with Gasteiger partial charge >= 0.3 is 0 Å². The number of aliphatic hydroxyl groups is 1. The number of aliphatic hydroxyl groups excluding tert-OH is 1. The predicted octanol–water partition coefficient (Wildman–Crippen LogP) is 2.42. The molecule has 2 nitrogen and oxygen atoms in total. The van der Waals surface area contributed by atoms with Crippen molar-refractivity contribution in [3.8, 4) is 0 Å². The first-order valence-electron chi connectivity index (χ1n) is 6.55. The third kappa shape index (κ3) is 4.98. The third-order valence-corrected chi connectivity index (χ3v) is 3.81. The average molecular weight is 213 g/mol. The van der Waals surface area contributed by atoms with Crippen molar-refractivity contribution in [2.75, 3.05) is 19.7 Å². The average Bonchev–Trinajstić information content (AvgIpc) is 2.21. The monoisotopic (exact) mass is 213 g/mol. The number of hydrogen-bond acceptors (Lipinski definition) is 2. The fraction of sp³-hybridized carbons (Fsp3) is 1.00. The van der Waals surface area contributed by atoms with Crippen LogP contribution in [0, 0.1) is 17.8 Å². The molecule has 1 saturated carbocycles. The summed E-state index contributed by atoms with van der Waals surface area (Å²) >= 11 is 0. The van der Waals surface area contributed by atoms with Crippen molar-refractivity contribution in [1.82, 2.24) is 5.32 Å². The molecule has 0 amide bonds. The summed E-state index contributed by atoms with van der Waals surface area (Å²) in [6.45, 7) is 7.15. The number of nitrogens with one attached hydrogen (secondary N) is 1. The maximum absolute atomic E-state index is 8.80. The van der Waals surface area contributed by atoms with Gasteiger partial charge in [-0.25, -0.2) is 0 Å². The first-order chi connectivity index (χ1) is 7.24. The summed E-state index contributed by atoms with van der Waals surface area (Å²) in [6.07, 6.45) is 6.59. The van der Waals surface area contributed by atoms with E-state index in [1.54, 1.807) is 0 Å². The van der Waals surface area contributed by atoms with Crippen LogP contribution in [0.3, 0.4) is 0 Å². The molecule has 0 aromatic rings. The Kier molecular flexibility index (Phi) is 6.26. The van der Waals surface area contributed by atoms with Crippen LogP contribution in [0.15, 0.2) is 0 Å². The van der Waals surface area contributed by atoms with E-state index in [1.807, 2.05) is 0 Å². The molecule has 1 aliphatic carbocycles. The molecule has 15 heavy (non-hydrogen) atoms. The van der Waals surface area contributed by atoms with Gasteiger partial charge in [-0.1, -0.05) is 33.1 Å². The van der Waals surface area contributed by atoms with Gasteiger partial charge in [0, 0.05) is 6.61 Å². The van der Waals surface area contributed by atoms with Gasteiger partial charge in [0.1, 0.15) is 0 Å². The standard InChI is InChI=1S/C13H27NO/c1-11(7-8-15)9-14-10-13-6-4-3-5-12(13)2/h11-15H,3-10H2,1-2H3/t11-,12-,13+/m1/s1. The molecule has 0 saturated heterocycles. The highest BCUT2D eigenvalue weighted by Gasteiger charge is 2.20. The molecule has 1 fully saturated rings. The molecule has 0 radical (unpaired) electrons. The second kappa shape index (κ2) is 7.24. The molecule has 0 heterocycles. The van der Waals surface area contributed by atoms with Crippen LogP contribution in [-0.4, -0.2) is 24.8 Å². The largest absolute Gasteiger partial charge is 0.396 e. The maximum atomic E-state index is 8.80. The summed E-state index contributed by atoms with van der Waals surface area (Å²) in [4.78, 5) is 0. The molecule has 1 aliphatic rings. The van der Waals surface area contributed by atoms with Crippen LogP contribution in [0.2, 0.25) is 0 Å². The van der Waals surface area contributed by atoms with Crippen molar-refractivity contribution in [2.45, 2.75) is 46.0 Å². The van der Waals surface area contributed by atoms with Gasteiger partial charge in [0.2, 0.25) is 0 Å². The normalized spacial score (nSPS) is 29.0. The zero-order chi connectivity index (χ0) is 11.1. The zero-order valence-corrected chi connectivity index (χ0v) is 10.3. The minimum absolute atomic E-state index is 0.322. The van der Waals surface area contributed by atoms with Crippen molar-refractivity contribution in [1.29, 1.82) is 0 Å². The van der Waals surface area contributed by atoms with Crippen molar-refractivity contribution in [3.63, 3.8) is 0 Å². The van der Waals surface area contributed by atoms with Crippen molar-refractivity contribution in [2.24, 2.45) is 17.8 Å². The van der Waals surface area contributed by atoms with Gasteiger partial charge in [-0.3, -0.25) is 0 Å². The first-order valence-corrected chi connectivity index (χ1v) is 6.55. The minimum atomic E-state index is 0.322. The summed E-state index contributed by atoms with van der Waals surface area (Å²) < 4.78 is 0. The van der Waals surface area contributed by atoms with E-state index in [2.05, 4.69) is 19.2 Å². The molecule has 0 spiro atoms. The van der Waals surface area contributed by atoms with E-state index in [9.17, 15) is 0 Å². The fourth-order valence-electron chi connectivity index (χ4n) is 2.53. The number of rotatable bonds is 6. The summed E-state index contributed by atoms with van der Waals surface area (Å²) in [5.41, 5.74) is 0. The summed E-state index contributed by atoms with van der Waals surface area (Å²) in [5.74, 6) is 2.40. The van der Waals surface area contributed by atoms with Gasteiger partial charge in [0.25, 0.3) is 0 Å². The SMILES string of the molecule is C[C@H](CCO)CNC[C@@H]1CCCC[C@H]1C. The molecular formula is C13H27NO. The van der Waals surface area contributed by atoms with Crippen LogP contribution >= 0.6 is 0 Å². The van der Waals surface area contributed by atoms with Gasteiger partial charge in [-0.05, 0) is 43.7 Å². The summed E-state index contributed by atoms with van der Waals surface area (Å²) in [5, 5.41) is 12.4. The second-order valence-corrected chi connectivity index (χ2v) is 5.30. The minimum Gasteiger partial charge on any atom is -0.396 e. The highest BCUT2D eigenvalue weighted by atomic mass is 16.3. The van der Waals surface area contributed by atoms with Crippen LogP contribution in [-0.2, 0) is 0 Å². The number of hydrogen-bond donors (Lipinski definition) is 2. The molecular weight excluding hydrogens is 186 g/mol. The molecule has 0 aromatic heterocycles. The molecule has 2 heteroatoms. The van der Waals surface area contributed by atoms with E-state index in [0.717, 1.165) is 24.8 Å². The van der Waals surface area contributed by atoms with Crippen LogP contribution < -0.4 is 5.32 Å². The molecule has 0 bridgehead atoms. The summed E-state index contributed by atoms with van der Waals surface area (Å²) in [7, 11) is 0. The van der Waals surface area contributed by atoms with Crippen molar-refractivity contribution in [3.05, 3.63) is 0 Å². The molecule has 0 aliphatic heterocycles.